The van der Waals surface area contributed by atoms with Crippen molar-refractivity contribution in [2.75, 3.05) is 13.7 Å². The average molecular weight is 474 g/mol. The van der Waals surface area contributed by atoms with E-state index in [1.165, 1.54) is 0 Å². The number of hydrogen-bond donors (Lipinski definition) is 2. The zero-order valence-corrected chi connectivity index (χ0v) is 20.4. The molecule has 2 unspecified atom stereocenters. The summed E-state index contributed by atoms with van der Waals surface area (Å²) in [5.41, 5.74) is 4.96. The van der Waals surface area contributed by atoms with Crippen molar-refractivity contribution in [1.29, 1.82) is 0 Å². The molecule has 0 saturated heterocycles. The Morgan fingerprint density at radius 3 is 2.66 bits per heavy atom. The van der Waals surface area contributed by atoms with E-state index in [4.69, 9.17) is 9.47 Å². The summed E-state index contributed by atoms with van der Waals surface area (Å²) >= 11 is 0. The van der Waals surface area contributed by atoms with Gasteiger partial charge in [-0.3, -0.25) is 4.79 Å². The van der Waals surface area contributed by atoms with Gasteiger partial charge >= 0.3 is 5.97 Å². The summed E-state index contributed by atoms with van der Waals surface area (Å²) in [4.78, 5) is 26.9. The molecule has 1 aliphatic heterocycles. The van der Waals surface area contributed by atoms with Crippen LogP contribution in [-0.4, -0.2) is 30.6 Å². The van der Waals surface area contributed by atoms with Gasteiger partial charge in [-0.2, -0.15) is 0 Å². The molecule has 4 rings (SSSR count). The highest BCUT2D eigenvalue weighted by molar-refractivity contribution is 6.04. The van der Waals surface area contributed by atoms with Crippen molar-refractivity contribution in [2.45, 2.75) is 44.9 Å². The summed E-state index contributed by atoms with van der Waals surface area (Å²) in [6.07, 6.45) is 1.47. The predicted molar refractivity (Wildman–Crippen MR) is 134 cm³/mol. The average Bonchev–Trinajstić information content (AvgIpc) is 2.82. The standard InChI is InChI=1S/C29H31NO5/c1-17(2)12-13-35-29(33)26-18(3)30-23-15-20(22-10-5-6-11-25(22)34-4)16-24(32)28(23)27(26)19-8-7-9-21(31)14-19/h5-11,14,20,27,30-31H,1,12-13,15-16H2,2-4H3. The number of carbonyl (C=O) groups is 2. The zero-order valence-electron chi connectivity index (χ0n) is 20.4. The second kappa shape index (κ2) is 10.2. The normalized spacial score (nSPS) is 19.7. The van der Waals surface area contributed by atoms with Gasteiger partial charge in [0, 0.05) is 41.6 Å². The van der Waals surface area contributed by atoms with E-state index in [9.17, 15) is 14.7 Å². The molecule has 6 nitrogen and oxygen atoms in total. The number of ether oxygens (including phenoxy) is 2. The highest BCUT2D eigenvalue weighted by Gasteiger charge is 2.41. The lowest BCUT2D eigenvalue weighted by molar-refractivity contribution is -0.139. The number of ketones is 1. The van der Waals surface area contributed by atoms with E-state index < -0.39 is 11.9 Å². The Labute approximate surface area is 206 Å². The second-order valence-electron chi connectivity index (χ2n) is 9.20. The van der Waals surface area contributed by atoms with Gasteiger partial charge in [0.15, 0.2) is 5.78 Å². The van der Waals surface area contributed by atoms with Crippen LogP contribution < -0.4 is 10.1 Å². The SMILES string of the molecule is C=C(C)CCOC(=O)C1=C(C)NC2=C(C(=O)CC(c3ccccc3OC)C2)C1c1cccc(O)c1. The number of methoxy groups -OCH3 is 1. The Bertz CT molecular complexity index is 1240. The molecule has 6 heteroatoms. The fourth-order valence-electron chi connectivity index (χ4n) is 4.97. The van der Waals surface area contributed by atoms with Crippen molar-refractivity contribution in [2.24, 2.45) is 0 Å². The number of hydrogen-bond acceptors (Lipinski definition) is 6. The van der Waals surface area contributed by atoms with E-state index in [0.717, 1.165) is 22.6 Å². The van der Waals surface area contributed by atoms with Crippen LogP contribution in [0.25, 0.3) is 0 Å². The number of para-hydroxylation sites is 1. The van der Waals surface area contributed by atoms with Crippen LogP contribution >= 0.6 is 0 Å². The third-order valence-corrected chi connectivity index (χ3v) is 6.59. The summed E-state index contributed by atoms with van der Waals surface area (Å²) in [6, 6.07) is 14.5. The largest absolute Gasteiger partial charge is 0.508 e. The molecule has 0 aromatic heterocycles. The van der Waals surface area contributed by atoms with E-state index in [0.29, 0.717) is 41.7 Å². The summed E-state index contributed by atoms with van der Waals surface area (Å²) in [7, 11) is 1.63. The molecule has 0 saturated carbocycles. The topological polar surface area (TPSA) is 84.9 Å². The molecule has 0 radical (unpaired) electrons. The number of rotatable bonds is 7. The highest BCUT2D eigenvalue weighted by atomic mass is 16.5. The molecule has 0 spiro atoms. The van der Waals surface area contributed by atoms with Crippen LogP contribution in [0.2, 0.25) is 0 Å². The molecule has 1 heterocycles. The van der Waals surface area contributed by atoms with E-state index in [2.05, 4.69) is 11.9 Å². The van der Waals surface area contributed by atoms with Gasteiger partial charge in [-0.15, -0.1) is 6.58 Å². The molecule has 182 valence electrons. The lowest BCUT2D eigenvalue weighted by Crippen LogP contribution is -2.36. The van der Waals surface area contributed by atoms with Gasteiger partial charge in [0.05, 0.1) is 19.3 Å². The van der Waals surface area contributed by atoms with E-state index >= 15 is 0 Å². The number of phenolic OH excluding ortho intramolecular Hbond substituents is 1. The third-order valence-electron chi connectivity index (χ3n) is 6.59. The molecule has 0 amide bonds. The van der Waals surface area contributed by atoms with Crippen LogP contribution in [0.3, 0.4) is 0 Å². The van der Waals surface area contributed by atoms with Crippen LogP contribution in [0.4, 0.5) is 0 Å². The Morgan fingerprint density at radius 1 is 1.17 bits per heavy atom. The van der Waals surface area contributed by atoms with Gasteiger partial charge in [-0.05, 0) is 49.6 Å². The van der Waals surface area contributed by atoms with Gasteiger partial charge in [-0.1, -0.05) is 35.9 Å². The maximum atomic E-state index is 13.7. The number of carbonyl (C=O) groups excluding carboxylic acids is 2. The lowest BCUT2D eigenvalue weighted by Gasteiger charge is -2.37. The maximum Gasteiger partial charge on any atom is 0.336 e. The van der Waals surface area contributed by atoms with Crippen molar-refractivity contribution in [3.8, 4) is 11.5 Å². The molecular weight excluding hydrogens is 442 g/mol. The van der Waals surface area contributed by atoms with Crippen molar-refractivity contribution < 1.29 is 24.2 Å². The molecule has 2 atom stereocenters. The third kappa shape index (κ3) is 5.02. The first-order valence-electron chi connectivity index (χ1n) is 11.8. The predicted octanol–water partition coefficient (Wildman–Crippen LogP) is 5.27. The number of dihydropyridines is 1. The summed E-state index contributed by atoms with van der Waals surface area (Å²) in [6.45, 7) is 7.78. The first kappa shape index (κ1) is 24.3. The molecule has 2 aromatic carbocycles. The molecular formula is C29H31NO5. The fraction of sp³-hybridized carbons (Fsp3) is 0.310. The van der Waals surface area contributed by atoms with Crippen molar-refractivity contribution >= 4 is 11.8 Å². The number of nitrogens with one attached hydrogen (secondary N) is 1. The Hall–Kier alpha value is -3.80. The Balaban J connectivity index is 1.75. The number of allylic oxidation sites excluding steroid dienone is 3. The van der Waals surface area contributed by atoms with Gasteiger partial charge in [0.25, 0.3) is 0 Å². The van der Waals surface area contributed by atoms with E-state index in [1.54, 1.807) is 25.3 Å². The van der Waals surface area contributed by atoms with Crippen LogP contribution in [0.1, 0.15) is 56.1 Å². The second-order valence-corrected chi connectivity index (χ2v) is 9.20. The molecule has 2 N–H and O–H groups in total. The molecule has 35 heavy (non-hydrogen) atoms. The zero-order chi connectivity index (χ0) is 25.1. The molecule has 0 bridgehead atoms. The Morgan fingerprint density at radius 2 is 1.94 bits per heavy atom. The van der Waals surface area contributed by atoms with Crippen LogP contribution in [-0.2, 0) is 14.3 Å². The number of Topliss-reactive ketones (excluding diaryl/α,β-unsaturated/α-hetero) is 1. The fourth-order valence-corrected chi connectivity index (χ4v) is 4.97. The van der Waals surface area contributed by atoms with E-state index in [1.807, 2.05) is 44.2 Å². The molecule has 1 aliphatic carbocycles. The number of esters is 1. The minimum Gasteiger partial charge on any atom is -0.508 e. The maximum absolute atomic E-state index is 13.7. The minimum atomic E-state index is -0.623. The minimum absolute atomic E-state index is 0.0391. The van der Waals surface area contributed by atoms with Gasteiger partial charge in [-0.25, -0.2) is 4.79 Å². The van der Waals surface area contributed by atoms with Gasteiger partial charge in [0.2, 0.25) is 0 Å². The van der Waals surface area contributed by atoms with Crippen LogP contribution in [0.15, 0.2) is 83.2 Å². The Kier molecular flexibility index (Phi) is 7.10. The highest BCUT2D eigenvalue weighted by Crippen LogP contribution is 2.47. The van der Waals surface area contributed by atoms with Crippen molar-refractivity contribution in [1.82, 2.24) is 5.32 Å². The first-order chi connectivity index (χ1) is 16.8. The smallest absolute Gasteiger partial charge is 0.336 e. The van der Waals surface area contributed by atoms with Crippen LogP contribution in [0.5, 0.6) is 11.5 Å². The number of phenols is 1. The van der Waals surface area contributed by atoms with Crippen molar-refractivity contribution in [3.63, 3.8) is 0 Å². The summed E-state index contributed by atoms with van der Waals surface area (Å²) < 4.78 is 11.1. The summed E-state index contributed by atoms with van der Waals surface area (Å²) in [5, 5.41) is 13.5. The lowest BCUT2D eigenvalue weighted by atomic mass is 9.71. The molecule has 2 aromatic rings. The number of aromatic hydroxyl groups is 1. The van der Waals surface area contributed by atoms with Crippen molar-refractivity contribution in [3.05, 3.63) is 94.4 Å². The first-order valence-corrected chi connectivity index (χ1v) is 11.8. The number of benzene rings is 2. The van der Waals surface area contributed by atoms with Crippen LogP contribution in [0, 0.1) is 0 Å². The molecule has 2 aliphatic rings. The van der Waals surface area contributed by atoms with E-state index in [-0.39, 0.29) is 24.1 Å². The van der Waals surface area contributed by atoms with Gasteiger partial charge < -0.3 is 19.9 Å². The quantitative estimate of drug-likeness (QED) is 0.421. The molecule has 0 fully saturated rings. The van der Waals surface area contributed by atoms with Gasteiger partial charge in [0.1, 0.15) is 11.5 Å². The summed E-state index contributed by atoms with van der Waals surface area (Å²) in [5.74, 6) is -0.360. The monoisotopic (exact) mass is 473 g/mol.